The van der Waals surface area contributed by atoms with E-state index < -0.39 is 11.7 Å². The van der Waals surface area contributed by atoms with E-state index in [0.717, 1.165) is 17.8 Å². The average Bonchev–Trinajstić information content (AvgIpc) is 2.97. The maximum atomic E-state index is 13.6. The van der Waals surface area contributed by atoms with Crippen LogP contribution in [0.25, 0.3) is 10.2 Å². The van der Waals surface area contributed by atoms with Gasteiger partial charge >= 0.3 is 0 Å². The number of nitrogens with zero attached hydrogens (tertiary/aromatic N) is 1. The van der Waals surface area contributed by atoms with E-state index in [1.165, 1.54) is 23.5 Å². The number of carbonyl (C=O) groups is 1. The van der Waals surface area contributed by atoms with Crippen molar-refractivity contribution < 1.29 is 9.18 Å². The molecule has 3 aromatic rings. The molecule has 0 aliphatic carbocycles. The minimum absolute atomic E-state index is 0.0120. The Morgan fingerprint density at radius 1 is 1.43 bits per heavy atom. The van der Waals surface area contributed by atoms with Gasteiger partial charge in [-0.05, 0) is 29.6 Å². The number of rotatable bonds is 4. The molecule has 0 saturated carbocycles. The first-order valence-electron chi connectivity index (χ1n) is 6.38. The molecule has 0 unspecified atom stereocenters. The summed E-state index contributed by atoms with van der Waals surface area (Å²) < 4.78 is 13.6. The SMILES string of the molecule is O=C(CSc1nc2sccc2c(=O)[nH]1)Nc1ccc(Cl)cc1F. The van der Waals surface area contributed by atoms with Crippen molar-refractivity contribution in [2.75, 3.05) is 11.1 Å². The number of nitrogens with one attached hydrogen (secondary N) is 2. The molecule has 2 aromatic heterocycles. The Labute approximate surface area is 142 Å². The number of aromatic nitrogens is 2. The van der Waals surface area contributed by atoms with E-state index in [1.54, 1.807) is 11.4 Å². The number of halogens is 2. The molecule has 0 aliphatic heterocycles. The zero-order chi connectivity index (χ0) is 16.4. The van der Waals surface area contributed by atoms with Crippen molar-refractivity contribution in [2.45, 2.75) is 5.16 Å². The van der Waals surface area contributed by atoms with Gasteiger partial charge in [0.15, 0.2) is 5.16 Å². The molecule has 2 heterocycles. The highest BCUT2D eigenvalue weighted by molar-refractivity contribution is 7.99. The third-order valence-electron chi connectivity index (χ3n) is 2.86. The second-order valence-corrected chi connectivity index (χ2v) is 6.77. The number of carbonyl (C=O) groups excluding carboxylic acids is 1. The van der Waals surface area contributed by atoms with E-state index in [-0.39, 0.29) is 22.0 Å². The van der Waals surface area contributed by atoms with Gasteiger partial charge in [-0.3, -0.25) is 9.59 Å². The third-order valence-corrected chi connectivity index (χ3v) is 4.77. The van der Waals surface area contributed by atoms with Crippen molar-refractivity contribution >= 4 is 56.5 Å². The van der Waals surface area contributed by atoms with Gasteiger partial charge in [0.2, 0.25) is 5.91 Å². The Bertz CT molecular complexity index is 941. The summed E-state index contributed by atoms with van der Waals surface area (Å²) in [4.78, 5) is 31.2. The summed E-state index contributed by atoms with van der Waals surface area (Å²) in [7, 11) is 0. The van der Waals surface area contributed by atoms with E-state index in [1.807, 2.05) is 0 Å². The Hall–Kier alpha value is -1.90. The number of anilines is 1. The van der Waals surface area contributed by atoms with Crippen LogP contribution >= 0.6 is 34.7 Å². The van der Waals surface area contributed by atoms with Crippen LogP contribution in [0.3, 0.4) is 0 Å². The van der Waals surface area contributed by atoms with Crippen molar-refractivity contribution in [2.24, 2.45) is 0 Å². The van der Waals surface area contributed by atoms with E-state index in [9.17, 15) is 14.0 Å². The molecule has 0 atom stereocenters. The minimum Gasteiger partial charge on any atom is -0.323 e. The molecular formula is C14H9ClFN3O2S2. The van der Waals surface area contributed by atoms with Crippen molar-refractivity contribution in [1.82, 2.24) is 9.97 Å². The predicted octanol–water partition coefficient (Wildman–Crippen LogP) is 3.51. The Kier molecular flexibility index (Phi) is 4.65. The number of thioether (sulfide) groups is 1. The Balaban J connectivity index is 1.67. The van der Waals surface area contributed by atoms with Crippen LogP contribution in [0.15, 0.2) is 39.6 Å². The Morgan fingerprint density at radius 2 is 2.26 bits per heavy atom. The summed E-state index contributed by atoms with van der Waals surface area (Å²) in [5, 5.41) is 5.33. The molecular weight excluding hydrogens is 361 g/mol. The molecule has 23 heavy (non-hydrogen) atoms. The monoisotopic (exact) mass is 369 g/mol. The van der Waals surface area contributed by atoms with Crippen LogP contribution < -0.4 is 10.9 Å². The van der Waals surface area contributed by atoms with E-state index >= 15 is 0 Å². The van der Waals surface area contributed by atoms with Gasteiger partial charge in [-0.15, -0.1) is 11.3 Å². The highest BCUT2D eigenvalue weighted by Crippen LogP contribution is 2.21. The van der Waals surface area contributed by atoms with Crippen LogP contribution in [0.4, 0.5) is 10.1 Å². The molecule has 0 spiro atoms. The number of hydrogen-bond acceptors (Lipinski definition) is 5. The first-order valence-corrected chi connectivity index (χ1v) is 8.62. The van der Waals surface area contributed by atoms with E-state index in [2.05, 4.69) is 15.3 Å². The lowest BCUT2D eigenvalue weighted by molar-refractivity contribution is -0.113. The molecule has 118 valence electrons. The van der Waals surface area contributed by atoms with Gasteiger partial charge in [-0.2, -0.15) is 0 Å². The molecule has 3 rings (SSSR count). The lowest BCUT2D eigenvalue weighted by Crippen LogP contribution is -2.16. The molecule has 2 N–H and O–H groups in total. The molecule has 1 aromatic carbocycles. The van der Waals surface area contributed by atoms with Crippen molar-refractivity contribution in [3.8, 4) is 0 Å². The second-order valence-electron chi connectivity index (χ2n) is 4.47. The van der Waals surface area contributed by atoms with Gasteiger partial charge in [-0.1, -0.05) is 23.4 Å². The molecule has 5 nitrogen and oxygen atoms in total. The van der Waals surface area contributed by atoms with E-state index in [0.29, 0.717) is 15.4 Å². The fourth-order valence-electron chi connectivity index (χ4n) is 1.82. The minimum atomic E-state index is -0.609. The third kappa shape index (κ3) is 3.72. The summed E-state index contributed by atoms with van der Waals surface area (Å²) in [5.74, 6) is -1.03. The molecule has 0 fully saturated rings. The lowest BCUT2D eigenvalue weighted by atomic mass is 10.3. The molecule has 9 heteroatoms. The van der Waals surface area contributed by atoms with Crippen molar-refractivity contribution in [3.05, 3.63) is 50.8 Å². The summed E-state index contributed by atoms with van der Waals surface area (Å²) in [6, 6.07) is 5.68. The number of aromatic amines is 1. The maximum Gasteiger partial charge on any atom is 0.260 e. The lowest BCUT2D eigenvalue weighted by Gasteiger charge is -2.06. The fraction of sp³-hybridized carbons (Fsp3) is 0.0714. The van der Waals surface area contributed by atoms with Crippen molar-refractivity contribution in [3.63, 3.8) is 0 Å². The van der Waals surface area contributed by atoms with Crippen LogP contribution in [-0.4, -0.2) is 21.6 Å². The topological polar surface area (TPSA) is 74.8 Å². The number of H-pyrrole nitrogens is 1. The fourth-order valence-corrected chi connectivity index (χ4v) is 3.47. The molecule has 1 amide bonds. The average molecular weight is 370 g/mol. The van der Waals surface area contributed by atoms with Crippen molar-refractivity contribution in [1.29, 1.82) is 0 Å². The number of thiophene rings is 1. The number of fused-ring (bicyclic) bond motifs is 1. The molecule has 0 bridgehead atoms. The molecule has 0 radical (unpaired) electrons. The first kappa shape index (κ1) is 16.0. The van der Waals surface area contributed by atoms with Gasteiger partial charge in [0.1, 0.15) is 10.6 Å². The smallest absolute Gasteiger partial charge is 0.260 e. The number of amides is 1. The maximum absolute atomic E-state index is 13.6. The quantitative estimate of drug-likeness (QED) is 0.545. The van der Waals surface area contributed by atoms with Gasteiger partial charge in [-0.25, -0.2) is 9.37 Å². The van der Waals surface area contributed by atoms with Gasteiger partial charge in [0.25, 0.3) is 5.56 Å². The summed E-state index contributed by atoms with van der Waals surface area (Å²) in [5.41, 5.74) is -0.196. The molecule has 0 saturated heterocycles. The number of hydrogen-bond donors (Lipinski definition) is 2. The zero-order valence-corrected chi connectivity index (χ0v) is 13.8. The summed E-state index contributed by atoms with van der Waals surface area (Å²) in [6.07, 6.45) is 0. The summed E-state index contributed by atoms with van der Waals surface area (Å²) >= 11 is 8.07. The number of benzene rings is 1. The van der Waals surface area contributed by atoms with Gasteiger partial charge < -0.3 is 10.3 Å². The van der Waals surface area contributed by atoms with E-state index in [4.69, 9.17) is 11.6 Å². The first-order chi connectivity index (χ1) is 11.0. The van der Waals surface area contributed by atoms with Crippen LogP contribution in [0.5, 0.6) is 0 Å². The summed E-state index contributed by atoms with van der Waals surface area (Å²) in [6.45, 7) is 0. The van der Waals surface area contributed by atoms with Gasteiger partial charge in [0.05, 0.1) is 16.8 Å². The standard InChI is InChI=1S/C14H9ClFN3O2S2/c15-7-1-2-10(9(16)5-7)17-11(20)6-23-14-18-12(21)8-3-4-22-13(8)19-14/h1-5H,6H2,(H,17,20)(H,18,19,21). The highest BCUT2D eigenvalue weighted by Gasteiger charge is 2.10. The zero-order valence-electron chi connectivity index (χ0n) is 11.4. The second kappa shape index (κ2) is 6.69. The van der Waals surface area contributed by atoms with Crippen LogP contribution in [-0.2, 0) is 4.79 Å². The highest BCUT2D eigenvalue weighted by atomic mass is 35.5. The van der Waals surface area contributed by atoms with Crippen LogP contribution in [0, 0.1) is 5.82 Å². The Morgan fingerprint density at radius 3 is 3.04 bits per heavy atom. The largest absolute Gasteiger partial charge is 0.323 e. The van der Waals surface area contributed by atoms with Gasteiger partial charge in [0, 0.05) is 5.02 Å². The van der Waals surface area contributed by atoms with Crippen LogP contribution in [0.2, 0.25) is 5.02 Å². The van der Waals surface area contributed by atoms with Crippen LogP contribution in [0.1, 0.15) is 0 Å². The molecule has 0 aliphatic rings. The normalized spacial score (nSPS) is 10.9. The predicted molar refractivity (Wildman–Crippen MR) is 91.0 cm³/mol.